The SMILES string of the molecule is NC[C@H](Cc1ccccc1)NC(=O)C=Cc1c[nH]c2ncc(NC(=O)c3ccccc3)cc12. The third kappa shape index (κ3) is 5.72. The van der Waals surface area contributed by atoms with Crippen LogP contribution in [0.4, 0.5) is 5.69 Å². The van der Waals surface area contributed by atoms with Crippen molar-refractivity contribution in [2.24, 2.45) is 5.73 Å². The zero-order valence-electron chi connectivity index (χ0n) is 18.0. The standard InChI is InChI=1S/C26H25N5O2/c27-15-21(13-18-7-3-1-4-8-18)30-24(32)12-11-20-16-28-25-23(20)14-22(17-29-25)31-26(33)19-9-5-2-6-10-19/h1-12,14,16-17,21H,13,15,27H2,(H,28,29)(H,30,32)(H,31,33)/t21-/m0/s1. The summed E-state index contributed by atoms with van der Waals surface area (Å²) in [5.41, 5.74) is 9.55. The van der Waals surface area contributed by atoms with Crippen molar-refractivity contribution in [1.29, 1.82) is 0 Å². The predicted octanol–water partition coefficient (Wildman–Crippen LogP) is 3.51. The van der Waals surface area contributed by atoms with Crippen LogP contribution in [0.3, 0.4) is 0 Å². The fourth-order valence-corrected chi connectivity index (χ4v) is 3.53. The van der Waals surface area contributed by atoms with Crippen LogP contribution >= 0.6 is 0 Å². The summed E-state index contributed by atoms with van der Waals surface area (Å²) in [5, 5.41) is 6.60. The van der Waals surface area contributed by atoms with Crippen LogP contribution in [0.1, 0.15) is 21.5 Å². The van der Waals surface area contributed by atoms with Crippen molar-refractivity contribution >= 4 is 34.6 Å². The Morgan fingerprint density at radius 1 is 1.06 bits per heavy atom. The number of carbonyl (C=O) groups is 2. The van der Waals surface area contributed by atoms with Gasteiger partial charge in [0.15, 0.2) is 0 Å². The Bertz CT molecular complexity index is 1270. The maximum absolute atomic E-state index is 12.5. The molecule has 4 aromatic rings. The number of rotatable bonds is 8. The van der Waals surface area contributed by atoms with Gasteiger partial charge in [0.2, 0.25) is 5.91 Å². The van der Waals surface area contributed by atoms with Gasteiger partial charge in [-0.15, -0.1) is 0 Å². The molecule has 0 aliphatic rings. The van der Waals surface area contributed by atoms with Crippen molar-refractivity contribution in [2.75, 3.05) is 11.9 Å². The highest BCUT2D eigenvalue weighted by Crippen LogP contribution is 2.22. The van der Waals surface area contributed by atoms with E-state index in [1.165, 1.54) is 6.08 Å². The van der Waals surface area contributed by atoms with Gasteiger partial charge in [-0.25, -0.2) is 4.98 Å². The Kier molecular flexibility index (Phi) is 6.92. The minimum atomic E-state index is -0.225. The highest BCUT2D eigenvalue weighted by Gasteiger charge is 2.11. The number of fused-ring (bicyclic) bond motifs is 1. The molecular formula is C26H25N5O2. The van der Waals surface area contributed by atoms with E-state index in [-0.39, 0.29) is 17.9 Å². The first-order chi connectivity index (χ1) is 16.1. The molecule has 0 aliphatic carbocycles. The monoisotopic (exact) mass is 439 g/mol. The lowest BCUT2D eigenvalue weighted by Gasteiger charge is -2.15. The number of pyridine rings is 1. The van der Waals surface area contributed by atoms with E-state index >= 15 is 0 Å². The molecule has 2 aromatic carbocycles. The van der Waals surface area contributed by atoms with E-state index < -0.39 is 0 Å². The second-order valence-electron chi connectivity index (χ2n) is 7.65. The van der Waals surface area contributed by atoms with Crippen LogP contribution in [0.5, 0.6) is 0 Å². The quantitative estimate of drug-likeness (QED) is 0.315. The first-order valence-corrected chi connectivity index (χ1v) is 10.7. The number of hydrogen-bond acceptors (Lipinski definition) is 4. The molecule has 33 heavy (non-hydrogen) atoms. The molecule has 166 valence electrons. The maximum Gasteiger partial charge on any atom is 0.255 e. The maximum atomic E-state index is 12.5. The molecule has 0 bridgehead atoms. The Hall–Kier alpha value is -4.23. The number of anilines is 1. The minimum Gasteiger partial charge on any atom is -0.348 e. The second kappa shape index (κ2) is 10.4. The third-order valence-electron chi connectivity index (χ3n) is 5.23. The molecule has 0 radical (unpaired) electrons. The lowest BCUT2D eigenvalue weighted by molar-refractivity contribution is -0.117. The molecule has 1 atom stereocenters. The molecule has 4 rings (SSSR count). The van der Waals surface area contributed by atoms with Gasteiger partial charge in [-0.3, -0.25) is 9.59 Å². The Morgan fingerprint density at radius 3 is 2.52 bits per heavy atom. The number of aromatic nitrogens is 2. The normalized spacial score (nSPS) is 12.0. The zero-order valence-corrected chi connectivity index (χ0v) is 18.0. The number of nitrogens with one attached hydrogen (secondary N) is 3. The van der Waals surface area contributed by atoms with E-state index in [1.54, 1.807) is 30.6 Å². The summed E-state index contributed by atoms with van der Waals surface area (Å²) in [7, 11) is 0. The second-order valence-corrected chi connectivity index (χ2v) is 7.65. The largest absolute Gasteiger partial charge is 0.348 e. The molecule has 7 nitrogen and oxygen atoms in total. The number of hydrogen-bond donors (Lipinski definition) is 4. The number of H-pyrrole nitrogens is 1. The van der Waals surface area contributed by atoms with Gasteiger partial charge in [0.25, 0.3) is 5.91 Å². The topological polar surface area (TPSA) is 113 Å². The number of nitrogens with two attached hydrogens (primary N) is 1. The third-order valence-corrected chi connectivity index (χ3v) is 5.23. The van der Waals surface area contributed by atoms with Crippen LogP contribution < -0.4 is 16.4 Å². The number of amides is 2. The fraction of sp³-hybridized carbons (Fsp3) is 0.115. The average molecular weight is 440 g/mol. The summed E-state index contributed by atoms with van der Waals surface area (Å²) in [6, 6.07) is 20.6. The van der Waals surface area contributed by atoms with Crippen molar-refractivity contribution in [1.82, 2.24) is 15.3 Å². The lowest BCUT2D eigenvalue weighted by atomic mass is 10.1. The van der Waals surface area contributed by atoms with E-state index in [0.29, 0.717) is 29.9 Å². The number of benzene rings is 2. The smallest absolute Gasteiger partial charge is 0.255 e. The van der Waals surface area contributed by atoms with E-state index in [9.17, 15) is 9.59 Å². The molecule has 0 saturated heterocycles. The fourth-order valence-electron chi connectivity index (χ4n) is 3.53. The van der Waals surface area contributed by atoms with Gasteiger partial charge in [0.05, 0.1) is 11.9 Å². The molecule has 2 heterocycles. The molecular weight excluding hydrogens is 414 g/mol. The number of carbonyl (C=O) groups excluding carboxylic acids is 2. The molecule has 0 unspecified atom stereocenters. The first-order valence-electron chi connectivity index (χ1n) is 10.7. The minimum absolute atomic E-state index is 0.158. The summed E-state index contributed by atoms with van der Waals surface area (Å²) < 4.78 is 0. The lowest BCUT2D eigenvalue weighted by Crippen LogP contribution is -2.40. The van der Waals surface area contributed by atoms with E-state index in [2.05, 4.69) is 20.6 Å². The van der Waals surface area contributed by atoms with Gasteiger partial charge in [0.1, 0.15) is 5.65 Å². The predicted molar refractivity (Wildman–Crippen MR) is 131 cm³/mol. The van der Waals surface area contributed by atoms with Gasteiger partial charge in [-0.1, -0.05) is 48.5 Å². The van der Waals surface area contributed by atoms with Gasteiger partial charge in [-0.05, 0) is 36.3 Å². The Morgan fingerprint density at radius 2 is 1.79 bits per heavy atom. The van der Waals surface area contributed by atoms with Crippen molar-refractivity contribution in [3.63, 3.8) is 0 Å². The van der Waals surface area contributed by atoms with E-state index in [4.69, 9.17) is 5.73 Å². The highest BCUT2D eigenvalue weighted by atomic mass is 16.2. The molecule has 2 aromatic heterocycles. The summed E-state index contributed by atoms with van der Waals surface area (Å²) in [5.74, 6) is -0.438. The molecule has 0 fully saturated rings. The summed E-state index contributed by atoms with van der Waals surface area (Å²) >= 11 is 0. The number of nitrogens with zero attached hydrogens (tertiary/aromatic N) is 1. The number of aromatic amines is 1. The van der Waals surface area contributed by atoms with Crippen LogP contribution in [0.15, 0.2) is 85.2 Å². The molecule has 0 spiro atoms. The van der Waals surface area contributed by atoms with Crippen LogP contribution in [0.25, 0.3) is 17.1 Å². The Labute approximate surface area is 191 Å². The molecule has 0 aliphatic heterocycles. The van der Waals surface area contributed by atoms with Crippen molar-refractivity contribution in [3.8, 4) is 0 Å². The van der Waals surface area contributed by atoms with E-state index in [0.717, 1.165) is 16.5 Å². The van der Waals surface area contributed by atoms with Crippen LogP contribution in [0, 0.1) is 0 Å². The van der Waals surface area contributed by atoms with Gasteiger partial charge in [0, 0.05) is 41.4 Å². The zero-order chi connectivity index (χ0) is 23.0. The van der Waals surface area contributed by atoms with Crippen LogP contribution in [-0.4, -0.2) is 34.4 Å². The van der Waals surface area contributed by atoms with Gasteiger partial charge >= 0.3 is 0 Å². The molecule has 0 saturated carbocycles. The van der Waals surface area contributed by atoms with E-state index in [1.807, 2.05) is 54.6 Å². The molecule has 2 amide bonds. The molecule has 5 N–H and O–H groups in total. The Balaban J connectivity index is 1.43. The summed E-state index contributed by atoms with van der Waals surface area (Å²) in [4.78, 5) is 32.3. The molecule has 7 heteroatoms. The van der Waals surface area contributed by atoms with Crippen LogP contribution in [0.2, 0.25) is 0 Å². The summed E-state index contributed by atoms with van der Waals surface area (Å²) in [6.45, 7) is 0.343. The van der Waals surface area contributed by atoms with Crippen molar-refractivity contribution < 1.29 is 9.59 Å². The summed E-state index contributed by atoms with van der Waals surface area (Å²) in [6.07, 6.45) is 7.22. The van der Waals surface area contributed by atoms with Crippen molar-refractivity contribution in [3.05, 3.63) is 102 Å². The van der Waals surface area contributed by atoms with Crippen molar-refractivity contribution in [2.45, 2.75) is 12.5 Å². The first kappa shape index (κ1) is 22.0. The average Bonchev–Trinajstić information content (AvgIpc) is 3.25. The van der Waals surface area contributed by atoms with Crippen LogP contribution in [-0.2, 0) is 11.2 Å². The van der Waals surface area contributed by atoms with Gasteiger partial charge in [-0.2, -0.15) is 0 Å². The highest BCUT2D eigenvalue weighted by molar-refractivity contribution is 6.05. The van der Waals surface area contributed by atoms with Gasteiger partial charge < -0.3 is 21.4 Å².